The van der Waals surface area contributed by atoms with Gasteiger partial charge < -0.3 is 15.4 Å². The summed E-state index contributed by atoms with van der Waals surface area (Å²) < 4.78 is 42.8. The molecule has 1 aliphatic heterocycles. The fourth-order valence-corrected chi connectivity index (χ4v) is 2.31. The van der Waals surface area contributed by atoms with Crippen molar-refractivity contribution < 1.29 is 22.7 Å². The van der Waals surface area contributed by atoms with Gasteiger partial charge in [0.05, 0.1) is 24.3 Å². The number of pyridine rings is 1. The Morgan fingerprint density at radius 2 is 1.92 bits per heavy atom. The minimum absolute atomic E-state index is 0.278. The van der Waals surface area contributed by atoms with Crippen molar-refractivity contribution in [3.8, 4) is 0 Å². The van der Waals surface area contributed by atoms with E-state index in [2.05, 4.69) is 15.6 Å². The van der Waals surface area contributed by atoms with E-state index < -0.39 is 17.6 Å². The molecule has 1 amide bonds. The van der Waals surface area contributed by atoms with Gasteiger partial charge in [-0.05, 0) is 36.4 Å². The van der Waals surface area contributed by atoms with E-state index >= 15 is 0 Å². The highest BCUT2D eigenvalue weighted by Gasteiger charge is 2.30. The average molecular weight is 351 g/mol. The smallest absolute Gasteiger partial charge is 0.381 e. The zero-order chi connectivity index (χ0) is 17.9. The number of carbonyl (C=O) groups is 1. The quantitative estimate of drug-likeness (QED) is 0.867. The first-order valence-corrected chi connectivity index (χ1v) is 7.69. The summed E-state index contributed by atoms with van der Waals surface area (Å²) in [7, 11) is 0. The van der Waals surface area contributed by atoms with Gasteiger partial charge in [0.15, 0.2) is 0 Å². The topological polar surface area (TPSA) is 63.2 Å². The molecule has 2 aromatic rings. The highest BCUT2D eigenvalue weighted by Crippen LogP contribution is 2.30. The summed E-state index contributed by atoms with van der Waals surface area (Å²) in [6.45, 7) is 1.98. The van der Waals surface area contributed by atoms with Gasteiger partial charge in [-0.2, -0.15) is 13.2 Å². The van der Waals surface area contributed by atoms with E-state index in [1.54, 1.807) is 18.3 Å². The van der Waals surface area contributed by atoms with Crippen LogP contribution in [-0.2, 0) is 10.9 Å². The molecule has 3 rings (SSSR count). The van der Waals surface area contributed by atoms with Crippen LogP contribution in [0.3, 0.4) is 0 Å². The Balaban J connectivity index is 1.68. The molecule has 8 heteroatoms. The predicted octanol–water partition coefficient (Wildman–Crippen LogP) is 3.41. The van der Waals surface area contributed by atoms with Gasteiger partial charge >= 0.3 is 6.18 Å². The fourth-order valence-electron chi connectivity index (χ4n) is 2.31. The fraction of sp³-hybridized carbons (Fsp3) is 0.294. The molecule has 0 saturated carbocycles. The number of rotatable bonds is 5. The molecule has 0 radical (unpaired) electrons. The Hall–Kier alpha value is -2.61. The first kappa shape index (κ1) is 17.2. The number of nitrogens with one attached hydrogen (secondary N) is 2. The number of nitrogens with zero attached hydrogens (tertiary/aromatic N) is 1. The number of alkyl halides is 3. The number of amides is 1. The van der Waals surface area contributed by atoms with Crippen LogP contribution in [0.15, 0.2) is 42.6 Å². The third-order valence-corrected chi connectivity index (χ3v) is 3.79. The number of halogens is 3. The van der Waals surface area contributed by atoms with E-state index in [1.807, 2.05) is 0 Å². The third kappa shape index (κ3) is 4.27. The SMILES string of the molecule is O=C(Nc1ccc(C(F)(F)F)cc1)c1cccnc1NCC1COC1. The Kier molecular flexibility index (Phi) is 4.89. The van der Waals surface area contributed by atoms with E-state index in [-0.39, 0.29) is 5.69 Å². The molecule has 1 fully saturated rings. The van der Waals surface area contributed by atoms with Crippen LogP contribution in [0.25, 0.3) is 0 Å². The summed E-state index contributed by atoms with van der Waals surface area (Å²) in [6, 6.07) is 7.51. The Bertz CT molecular complexity index is 744. The van der Waals surface area contributed by atoms with E-state index in [4.69, 9.17) is 4.74 Å². The van der Waals surface area contributed by atoms with Crippen LogP contribution < -0.4 is 10.6 Å². The highest BCUT2D eigenvalue weighted by molar-refractivity contribution is 6.07. The summed E-state index contributed by atoms with van der Waals surface area (Å²) in [5, 5.41) is 5.69. The van der Waals surface area contributed by atoms with Crippen LogP contribution in [-0.4, -0.2) is 30.6 Å². The van der Waals surface area contributed by atoms with Crippen LogP contribution in [0.1, 0.15) is 15.9 Å². The number of hydrogen-bond donors (Lipinski definition) is 2. The van der Waals surface area contributed by atoms with Crippen LogP contribution in [0.2, 0.25) is 0 Å². The predicted molar refractivity (Wildman–Crippen MR) is 86.4 cm³/mol. The molecule has 1 aromatic carbocycles. The second-order valence-electron chi connectivity index (χ2n) is 5.71. The van der Waals surface area contributed by atoms with Gasteiger partial charge in [0.1, 0.15) is 5.82 Å². The van der Waals surface area contributed by atoms with Gasteiger partial charge in [0.25, 0.3) is 5.91 Å². The van der Waals surface area contributed by atoms with Crippen molar-refractivity contribution >= 4 is 17.4 Å². The number of hydrogen-bond acceptors (Lipinski definition) is 4. The zero-order valence-electron chi connectivity index (χ0n) is 13.1. The van der Waals surface area contributed by atoms with Crippen LogP contribution in [0.5, 0.6) is 0 Å². The lowest BCUT2D eigenvalue weighted by atomic mass is 10.1. The molecule has 5 nitrogen and oxygen atoms in total. The molecule has 0 spiro atoms. The van der Waals surface area contributed by atoms with Gasteiger partial charge in [0, 0.05) is 24.3 Å². The van der Waals surface area contributed by atoms with E-state index in [1.165, 1.54) is 12.1 Å². The summed E-state index contributed by atoms with van der Waals surface area (Å²) >= 11 is 0. The van der Waals surface area contributed by atoms with Crippen molar-refractivity contribution in [1.29, 1.82) is 0 Å². The average Bonchev–Trinajstić information content (AvgIpc) is 2.53. The molecule has 0 unspecified atom stereocenters. The lowest BCUT2D eigenvalue weighted by Crippen LogP contribution is -2.34. The molecule has 2 N–H and O–H groups in total. The number of benzene rings is 1. The van der Waals surface area contributed by atoms with Crippen LogP contribution in [0.4, 0.5) is 24.7 Å². The van der Waals surface area contributed by atoms with Crippen molar-refractivity contribution in [3.05, 3.63) is 53.7 Å². The van der Waals surface area contributed by atoms with Gasteiger partial charge in [-0.15, -0.1) is 0 Å². The maximum absolute atomic E-state index is 12.6. The molecule has 25 heavy (non-hydrogen) atoms. The molecular formula is C17H16F3N3O2. The molecule has 0 bridgehead atoms. The monoisotopic (exact) mass is 351 g/mol. The zero-order valence-corrected chi connectivity index (χ0v) is 13.1. The molecule has 2 heterocycles. The van der Waals surface area contributed by atoms with Crippen molar-refractivity contribution in [2.75, 3.05) is 30.4 Å². The van der Waals surface area contributed by atoms with Crippen molar-refractivity contribution in [3.63, 3.8) is 0 Å². The van der Waals surface area contributed by atoms with Crippen molar-refractivity contribution in [2.45, 2.75) is 6.18 Å². The highest BCUT2D eigenvalue weighted by atomic mass is 19.4. The lowest BCUT2D eigenvalue weighted by Gasteiger charge is -2.26. The lowest BCUT2D eigenvalue weighted by molar-refractivity contribution is -0.137. The first-order valence-electron chi connectivity index (χ1n) is 7.69. The number of ether oxygens (including phenoxy) is 1. The Labute approximate surface area is 142 Å². The van der Waals surface area contributed by atoms with Gasteiger partial charge in [-0.3, -0.25) is 4.79 Å². The van der Waals surface area contributed by atoms with Crippen molar-refractivity contribution in [2.24, 2.45) is 5.92 Å². The molecule has 1 aliphatic rings. The first-order chi connectivity index (χ1) is 11.9. The van der Waals surface area contributed by atoms with E-state index in [0.717, 1.165) is 12.1 Å². The molecule has 1 aromatic heterocycles. The second kappa shape index (κ2) is 7.10. The van der Waals surface area contributed by atoms with Crippen LogP contribution >= 0.6 is 0 Å². The van der Waals surface area contributed by atoms with E-state index in [9.17, 15) is 18.0 Å². The summed E-state index contributed by atoms with van der Waals surface area (Å²) in [6.07, 6.45) is -2.84. The van der Waals surface area contributed by atoms with E-state index in [0.29, 0.717) is 37.1 Å². The van der Waals surface area contributed by atoms with Gasteiger partial charge in [0.2, 0.25) is 0 Å². The summed E-state index contributed by atoms with van der Waals surface area (Å²) in [4.78, 5) is 16.6. The molecule has 0 aliphatic carbocycles. The number of anilines is 2. The maximum Gasteiger partial charge on any atom is 0.416 e. The number of aromatic nitrogens is 1. The Morgan fingerprint density at radius 3 is 2.52 bits per heavy atom. The standard InChI is InChI=1S/C17H16F3N3O2/c18-17(19,20)12-3-5-13(6-4-12)23-16(24)14-2-1-7-21-15(14)22-8-11-9-25-10-11/h1-7,11H,8-10H2,(H,21,22)(H,23,24). The molecule has 1 saturated heterocycles. The van der Waals surface area contributed by atoms with Gasteiger partial charge in [-0.1, -0.05) is 0 Å². The molecule has 132 valence electrons. The maximum atomic E-state index is 12.6. The number of carbonyl (C=O) groups excluding carboxylic acids is 1. The minimum atomic E-state index is -4.41. The largest absolute Gasteiger partial charge is 0.416 e. The minimum Gasteiger partial charge on any atom is -0.381 e. The third-order valence-electron chi connectivity index (χ3n) is 3.79. The summed E-state index contributed by atoms with van der Waals surface area (Å²) in [5.74, 6) is 0.367. The molecule has 0 atom stereocenters. The summed E-state index contributed by atoms with van der Waals surface area (Å²) in [5.41, 5.74) is -0.167. The second-order valence-corrected chi connectivity index (χ2v) is 5.71. The van der Waals surface area contributed by atoms with Crippen LogP contribution in [0, 0.1) is 5.92 Å². The van der Waals surface area contributed by atoms with Gasteiger partial charge in [-0.25, -0.2) is 4.98 Å². The van der Waals surface area contributed by atoms with Crippen molar-refractivity contribution in [1.82, 2.24) is 4.98 Å². The molecular weight excluding hydrogens is 335 g/mol. The Morgan fingerprint density at radius 1 is 1.20 bits per heavy atom. The normalized spacial score (nSPS) is 14.7.